The van der Waals surface area contributed by atoms with Crippen LogP contribution in [0.15, 0.2) is 97.1 Å². The van der Waals surface area contributed by atoms with Gasteiger partial charge in [0, 0.05) is 23.2 Å². The Morgan fingerprint density at radius 1 is 0.706 bits per heavy atom. The van der Waals surface area contributed by atoms with E-state index in [0.29, 0.717) is 17.7 Å². The minimum absolute atomic E-state index is 0.241. The van der Waals surface area contributed by atoms with E-state index in [4.69, 9.17) is 5.21 Å². The largest absolute Gasteiger partial charge is 0.340 e. The molecule has 4 rings (SSSR count). The zero-order chi connectivity index (χ0) is 23.9. The van der Waals surface area contributed by atoms with E-state index in [1.165, 1.54) is 12.1 Å². The highest BCUT2D eigenvalue weighted by Gasteiger charge is 2.22. The second-order valence-electron chi connectivity index (χ2n) is 7.79. The van der Waals surface area contributed by atoms with Gasteiger partial charge in [0.05, 0.1) is 0 Å². The van der Waals surface area contributed by atoms with Gasteiger partial charge in [-0.15, -0.1) is 0 Å². The molecule has 4 aromatic carbocycles. The Bertz CT molecular complexity index is 1320. The van der Waals surface area contributed by atoms with Crippen LogP contribution in [0.4, 0.5) is 5.69 Å². The summed E-state index contributed by atoms with van der Waals surface area (Å²) in [5.74, 6) is -1.39. The molecule has 170 valence electrons. The van der Waals surface area contributed by atoms with Crippen molar-refractivity contribution in [3.8, 4) is 0 Å². The molecule has 3 amide bonds. The molecule has 4 N–H and O–H groups in total. The lowest BCUT2D eigenvalue weighted by Gasteiger charge is -2.19. The number of fused-ring (bicyclic) bond motifs is 1. The fraction of sp³-hybridized carbons (Fsp3) is 0.0741. The highest BCUT2D eigenvalue weighted by molar-refractivity contribution is 6.01. The van der Waals surface area contributed by atoms with E-state index in [-0.39, 0.29) is 11.5 Å². The SMILES string of the molecule is O=C(NO)c1ccc(NC(=O)[C@@H](Cc2ccc3ccccc3c2)NC(=O)c2ccccc2)cc1. The van der Waals surface area contributed by atoms with Crippen molar-refractivity contribution < 1.29 is 19.6 Å². The minimum Gasteiger partial charge on any atom is -0.340 e. The summed E-state index contributed by atoms with van der Waals surface area (Å²) in [5.41, 5.74) is 3.62. The van der Waals surface area contributed by atoms with Crippen molar-refractivity contribution >= 4 is 34.2 Å². The number of benzene rings is 4. The van der Waals surface area contributed by atoms with Crippen molar-refractivity contribution in [3.05, 3.63) is 114 Å². The zero-order valence-corrected chi connectivity index (χ0v) is 18.2. The third-order valence-electron chi connectivity index (χ3n) is 5.43. The van der Waals surface area contributed by atoms with Crippen LogP contribution in [0.3, 0.4) is 0 Å². The summed E-state index contributed by atoms with van der Waals surface area (Å²) in [6, 6.07) is 27.8. The highest BCUT2D eigenvalue weighted by atomic mass is 16.5. The molecule has 0 radical (unpaired) electrons. The molecule has 0 aliphatic rings. The van der Waals surface area contributed by atoms with Gasteiger partial charge in [-0.2, -0.15) is 0 Å². The first-order chi connectivity index (χ1) is 16.5. The van der Waals surface area contributed by atoms with Crippen LogP contribution in [0.1, 0.15) is 26.3 Å². The van der Waals surface area contributed by atoms with Gasteiger partial charge in [-0.05, 0) is 52.7 Å². The molecule has 0 spiro atoms. The second kappa shape index (κ2) is 10.4. The molecule has 0 bridgehead atoms. The van der Waals surface area contributed by atoms with Gasteiger partial charge in [-0.3, -0.25) is 19.6 Å². The maximum atomic E-state index is 13.2. The van der Waals surface area contributed by atoms with Crippen LogP contribution in [0.5, 0.6) is 0 Å². The van der Waals surface area contributed by atoms with Crippen LogP contribution in [0, 0.1) is 0 Å². The third-order valence-corrected chi connectivity index (χ3v) is 5.43. The molecule has 0 aliphatic carbocycles. The normalized spacial score (nSPS) is 11.4. The number of hydroxylamine groups is 1. The Morgan fingerprint density at radius 3 is 2.06 bits per heavy atom. The van der Waals surface area contributed by atoms with E-state index in [1.54, 1.807) is 41.9 Å². The topological polar surface area (TPSA) is 108 Å². The molecule has 1 atom stereocenters. The van der Waals surface area contributed by atoms with E-state index in [1.807, 2.05) is 48.5 Å². The van der Waals surface area contributed by atoms with E-state index < -0.39 is 17.9 Å². The van der Waals surface area contributed by atoms with Crippen LogP contribution < -0.4 is 16.1 Å². The molecule has 7 nitrogen and oxygen atoms in total. The lowest BCUT2D eigenvalue weighted by atomic mass is 10.0. The summed E-state index contributed by atoms with van der Waals surface area (Å²) in [4.78, 5) is 37.5. The molecule has 0 unspecified atom stereocenters. The van der Waals surface area contributed by atoms with Gasteiger partial charge in [0.2, 0.25) is 5.91 Å². The maximum absolute atomic E-state index is 13.2. The average molecular weight is 453 g/mol. The first kappa shape index (κ1) is 22.7. The standard InChI is InChI=1S/C27H23N3O4/c31-25(20-7-2-1-3-8-20)29-24(17-18-10-11-19-6-4-5-9-22(19)16-18)27(33)28-23-14-12-21(13-15-23)26(32)30-34/h1-16,24,34H,17H2,(H,28,33)(H,29,31)(H,30,32)/t24-/m1/s1. The molecule has 0 saturated heterocycles. The van der Waals surface area contributed by atoms with Gasteiger partial charge in [0.1, 0.15) is 6.04 Å². The Labute approximate surface area is 196 Å². The van der Waals surface area contributed by atoms with E-state index in [2.05, 4.69) is 10.6 Å². The molecule has 34 heavy (non-hydrogen) atoms. The summed E-state index contributed by atoms with van der Waals surface area (Å²) in [7, 11) is 0. The van der Waals surface area contributed by atoms with Crippen molar-refractivity contribution in [2.45, 2.75) is 12.5 Å². The first-order valence-electron chi connectivity index (χ1n) is 10.7. The fourth-order valence-corrected chi connectivity index (χ4v) is 3.64. The lowest BCUT2D eigenvalue weighted by molar-refractivity contribution is -0.118. The Hall–Kier alpha value is -4.49. The predicted molar refractivity (Wildman–Crippen MR) is 130 cm³/mol. The lowest BCUT2D eigenvalue weighted by Crippen LogP contribution is -2.45. The molecular weight excluding hydrogens is 430 g/mol. The van der Waals surface area contributed by atoms with Gasteiger partial charge in [-0.25, -0.2) is 5.48 Å². The van der Waals surface area contributed by atoms with Gasteiger partial charge in [0.25, 0.3) is 11.8 Å². The monoisotopic (exact) mass is 453 g/mol. The van der Waals surface area contributed by atoms with Crippen LogP contribution in [-0.2, 0) is 11.2 Å². The van der Waals surface area contributed by atoms with Gasteiger partial charge in [0.15, 0.2) is 0 Å². The number of rotatable bonds is 7. The molecule has 0 aliphatic heterocycles. The van der Waals surface area contributed by atoms with Crippen molar-refractivity contribution in [3.63, 3.8) is 0 Å². The average Bonchev–Trinajstić information content (AvgIpc) is 2.88. The van der Waals surface area contributed by atoms with Gasteiger partial charge >= 0.3 is 0 Å². The smallest absolute Gasteiger partial charge is 0.274 e. The molecular formula is C27H23N3O4. The Morgan fingerprint density at radius 2 is 1.35 bits per heavy atom. The zero-order valence-electron chi connectivity index (χ0n) is 18.2. The molecule has 0 saturated carbocycles. The minimum atomic E-state index is -0.839. The number of carbonyl (C=O) groups excluding carboxylic acids is 3. The third kappa shape index (κ3) is 5.46. The van der Waals surface area contributed by atoms with E-state index in [0.717, 1.165) is 16.3 Å². The number of nitrogens with one attached hydrogen (secondary N) is 3. The number of carbonyl (C=O) groups is 3. The molecule has 0 fully saturated rings. The number of hydrogen-bond donors (Lipinski definition) is 4. The quantitative estimate of drug-likeness (QED) is 0.251. The summed E-state index contributed by atoms with van der Waals surface area (Å²) < 4.78 is 0. The summed E-state index contributed by atoms with van der Waals surface area (Å²) >= 11 is 0. The highest BCUT2D eigenvalue weighted by Crippen LogP contribution is 2.18. The van der Waals surface area contributed by atoms with Crippen molar-refractivity contribution in [2.75, 3.05) is 5.32 Å². The first-order valence-corrected chi connectivity index (χ1v) is 10.7. The van der Waals surface area contributed by atoms with Crippen molar-refractivity contribution in [1.82, 2.24) is 10.8 Å². The Kier molecular flexibility index (Phi) is 6.95. The van der Waals surface area contributed by atoms with E-state index >= 15 is 0 Å². The van der Waals surface area contributed by atoms with E-state index in [9.17, 15) is 14.4 Å². The van der Waals surface area contributed by atoms with Crippen LogP contribution in [0.2, 0.25) is 0 Å². The van der Waals surface area contributed by atoms with Crippen LogP contribution >= 0.6 is 0 Å². The summed E-state index contributed by atoms with van der Waals surface area (Å²) in [6.45, 7) is 0. The molecule has 0 aromatic heterocycles. The second-order valence-corrected chi connectivity index (χ2v) is 7.79. The predicted octanol–water partition coefficient (Wildman–Crippen LogP) is 3.94. The fourth-order valence-electron chi connectivity index (χ4n) is 3.64. The number of amides is 3. The Balaban J connectivity index is 1.56. The van der Waals surface area contributed by atoms with Crippen LogP contribution in [-0.4, -0.2) is 29.0 Å². The van der Waals surface area contributed by atoms with Crippen LogP contribution in [0.25, 0.3) is 10.8 Å². The molecule has 0 heterocycles. The summed E-state index contributed by atoms with van der Waals surface area (Å²) in [5, 5.41) is 16.5. The molecule has 7 heteroatoms. The van der Waals surface area contributed by atoms with Crippen molar-refractivity contribution in [1.29, 1.82) is 0 Å². The van der Waals surface area contributed by atoms with Gasteiger partial charge < -0.3 is 10.6 Å². The number of anilines is 1. The molecule has 4 aromatic rings. The number of hydrogen-bond acceptors (Lipinski definition) is 4. The maximum Gasteiger partial charge on any atom is 0.274 e. The summed E-state index contributed by atoms with van der Waals surface area (Å²) in [6.07, 6.45) is 0.292. The van der Waals surface area contributed by atoms with Crippen molar-refractivity contribution in [2.24, 2.45) is 0 Å². The van der Waals surface area contributed by atoms with Gasteiger partial charge in [-0.1, -0.05) is 60.7 Å².